The van der Waals surface area contributed by atoms with E-state index in [9.17, 15) is 13.6 Å². The van der Waals surface area contributed by atoms with Gasteiger partial charge in [-0.25, -0.2) is 18.6 Å². The first-order valence-electron chi connectivity index (χ1n) is 8.20. The van der Waals surface area contributed by atoms with E-state index in [2.05, 4.69) is 4.98 Å². The summed E-state index contributed by atoms with van der Waals surface area (Å²) >= 11 is 1.20. The summed E-state index contributed by atoms with van der Waals surface area (Å²) in [5.74, 6) is -2.41. The number of aromatic carboxylic acids is 1. The van der Waals surface area contributed by atoms with Gasteiger partial charge in [0.05, 0.1) is 11.6 Å². The van der Waals surface area contributed by atoms with Crippen molar-refractivity contribution in [1.82, 2.24) is 4.98 Å². The van der Waals surface area contributed by atoms with Crippen molar-refractivity contribution >= 4 is 28.3 Å². The van der Waals surface area contributed by atoms with E-state index in [0.717, 1.165) is 6.07 Å². The van der Waals surface area contributed by atoms with Gasteiger partial charge in [-0.3, -0.25) is 0 Å². The van der Waals surface area contributed by atoms with Crippen LogP contribution in [0.3, 0.4) is 0 Å². The zero-order valence-electron chi connectivity index (χ0n) is 14.5. The van der Waals surface area contributed by atoms with Crippen molar-refractivity contribution in [3.05, 3.63) is 69.9 Å². The summed E-state index contributed by atoms with van der Waals surface area (Å²) in [5.41, 5.74) is 1.88. The second-order valence-corrected chi connectivity index (χ2v) is 7.03. The highest BCUT2D eigenvalue weighted by Gasteiger charge is 2.18. The number of aryl methyl sites for hydroxylation is 1. The average molecular weight is 401 g/mol. The second-order valence-electron chi connectivity index (χ2n) is 6.09. The maximum absolute atomic E-state index is 14.1. The average Bonchev–Trinajstić information content (AvgIpc) is 3.31. The molecule has 4 aromatic rings. The molecule has 2 aromatic carbocycles. The van der Waals surface area contributed by atoms with Crippen LogP contribution in [0.15, 0.2) is 46.4 Å². The maximum atomic E-state index is 14.1. The molecule has 0 atom stereocenters. The highest BCUT2D eigenvalue weighted by Crippen LogP contribution is 2.35. The van der Waals surface area contributed by atoms with Crippen molar-refractivity contribution in [3.63, 3.8) is 0 Å². The third-order valence-electron chi connectivity index (χ3n) is 4.22. The number of carboxylic acid groups (broad SMARTS) is 1. The van der Waals surface area contributed by atoms with Gasteiger partial charge in [-0.15, -0.1) is 11.3 Å². The standard InChI is InChI=1S/C20H13F2NO4S/c1-10-7-27-19-13(6-14(21)18(22)17(10)19)11-2-4-12(5-3-11)26-8-16-23-15(9-28-16)20(24)25/h2-7,9H,8H2,1H3,(H,24,25). The van der Waals surface area contributed by atoms with Gasteiger partial charge in [-0.05, 0) is 36.2 Å². The van der Waals surface area contributed by atoms with Crippen LogP contribution in [0.2, 0.25) is 0 Å². The molecular formula is C20H13F2NO4S. The summed E-state index contributed by atoms with van der Waals surface area (Å²) in [5, 5.41) is 11.0. The lowest BCUT2D eigenvalue weighted by atomic mass is 10.0. The summed E-state index contributed by atoms with van der Waals surface area (Å²) in [7, 11) is 0. The lowest BCUT2D eigenvalue weighted by Crippen LogP contribution is -1.99. The minimum atomic E-state index is -1.09. The zero-order valence-corrected chi connectivity index (χ0v) is 15.3. The van der Waals surface area contributed by atoms with Crippen LogP contribution in [0.5, 0.6) is 5.75 Å². The van der Waals surface area contributed by atoms with Crippen molar-refractivity contribution in [3.8, 4) is 16.9 Å². The number of carboxylic acids is 1. The molecule has 4 rings (SSSR count). The molecule has 0 unspecified atom stereocenters. The van der Waals surface area contributed by atoms with Gasteiger partial charge in [0.25, 0.3) is 0 Å². The van der Waals surface area contributed by atoms with Crippen LogP contribution in [-0.2, 0) is 6.61 Å². The van der Waals surface area contributed by atoms with E-state index < -0.39 is 17.6 Å². The Bertz CT molecular complexity index is 1180. The number of halogens is 2. The van der Waals surface area contributed by atoms with Crippen LogP contribution in [0.1, 0.15) is 21.1 Å². The van der Waals surface area contributed by atoms with E-state index in [1.165, 1.54) is 23.0 Å². The number of ether oxygens (including phenoxy) is 1. The molecule has 0 bridgehead atoms. The van der Waals surface area contributed by atoms with Crippen LogP contribution >= 0.6 is 11.3 Å². The van der Waals surface area contributed by atoms with Crippen LogP contribution < -0.4 is 4.74 Å². The molecule has 0 aliphatic rings. The Morgan fingerprint density at radius 2 is 2.04 bits per heavy atom. The van der Waals surface area contributed by atoms with Crippen LogP contribution in [0.25, 0.3) is 22.1 Å². The Morgan fingerprint density at radius 1 is 1.29 bits per heavy atom. The van der Waals surface area contributed by atoms with Gasteiger partial charge in [0, 0.05) is 10.9 Å². The summed E-state index contributed by atoms with van der Waals surface area (Å²) < 4.78 is 39.1. The largest absolute Gasteiger partial charge is 0.486 e. The lowest BCUT2D eigenvalue weighted by Gasteiger charge is -2.08. The molecule has 28 heavy (non-hydrogen) atoms. The topological polar surface area (TPSA) is 72.6 Å². The molecule has 1 N–H and O–H groups in total. The fraction of sp³-hybridized carbons (Fsp3) is 0.100. The van der Waals surface area contributed by atoms with Crippen molar-refractivity contribution in [2.45, 2.75) is 13.5 Å². The van der Waals surface area contributed by atoms with Crippen molar-refractivity contribution in [1.29, 1.82) is 0 Å². The van der Waals surface area contributed by atoms with E-state index in [1.54, 1.807) is 31.2 Å². The first-order chi connectivity index (χ1) is 13.4. The minimum absolute atomic E-state index is 0.0185. The van der Waals surface area contributed by atoms with Crippen LogP contribution in [-0.4, -0.2) is 16.1 Å². The molecule has 0 saturated carbocycles. The zero-order chi connectivity index (χ0) is 19.8. The Kier molecular flexibility index (Phi) is 4.56. The predicted molar refractivity (Wildman–Crippen MR) is 99.7 cm³/mol. The SMILES string of the molecule is Cc1coc2c(-c3ccc(OCc4nc(C(=O)O)cs4)cc3)cc(F)c(F)c12. The molecule has 0 amide bonds. The third-order valence-corrected chi connectivity index (χ3v) is 5.04. The quantitative estimate of drug-likeness (QED) is 0.483. The van der Waals surface area contributed by atoms with Gasteiger partial charge in [0.2, 0.25) is 0 Å². The third kappa shape index (κ3) is 3.22. The van der Waals surface area contributed by atoms with E-state index >= 15 is 0 Å². The molecule has 0 fully saturated rings. The Balaban J connectivity index is 1.57. The van der Waals surface area contributed by atoms with E-state index in [1.807, 2.05) is 0 Å². The van der Waals surface area contributed by atoms with Gasteiger partial charge in [0.1, 0.15) is 22.9 Å². The van der Waals surface area contributed by atoms with Gasteiger partial charge >= 0.3 is 5.97 Å². The predicted octanol–water partition coefficient (Wildman–Crippen LogP) is 5.42. The van der Waals surface area contributed by atoms with Gasteiger partial charge in [0.15, 0.2) is 17.3 Å². The molecule has 0 saturated heterocycles. The van der Waals surface area contributed by atoms with E-state index in [0.29, 0.717) is 27.4 Å². The maximum Gasteiger partial charge on any atom is 0.355 e. The smallest absolute Gasteiger partial charge is 0.355 e. The molecule has 5 nitrogen and oxygen atoms in total. The Labute approximate surface area is 161 Å². The second kappa shape index (κ2) is 7.05. The fourth-order valence-electron chi connectivity index (χ4n) is 2.86. The highest BCUT2D eigenvalue weighted by atomic mass is 32.1. The molecule has 2 heterocycles. The highest BCUT2D eigenvalue weighted by molar-refractivity contribution is 7.09. The number of nitrogens with zero attached hydrogens (tertiary/aromatic N) is 1. The monoisotopic (exact) mass is 401 g/mol. The van der Waals surface area contributed by atoms with Crippen LogP contribution in [0.4, 0.5) is 8.78 Å². The van der Waals surface area contributed by atoms with Crippen molar-refractivity contribution in [2.75, 3.05) is 0 Å². The van der Waals surface area contributed by atoms with Gasteiger partial charge in [-0.1, -0.05) is 12.1 Å². The number of aromatic nitrogens is 1. The molecule has 8 heteroatoms. The molecule has 0 aliphatic carbocycles. The molecule has 0 aliphatic heterocycles. The summed E-state index contributed by atoms with van der Waals surface area (Å²) in [6.07, 6.45) is 1.40. The number of benzene rings is 2. The number of fused-ring (bicyclic) bond motifs is 1. The van der Waals surface area contributed by atoms with Crippen molar-refractivity contribution in [2.24, 2.45) is 0 Å². The van der Waals surface area contributed by atoms with Gasteiger partial charge in [-0.2, -0.15) is 0 Å². The first kappa shape index (κ1) is 18.1. The summed E-state index contributed by atoms with van der Waals surface area (Å²) in [6.45, 7) is 1.79. The number of hydrogen-bond donors (Lipinski definition) is 1. The van der Waals surface area contributed by atoms with Gasteiger partial charge < -0.3 is 14.3 Å². The van der Waals surface area contributed by atoms with Crippen molar-refractivity contribution < 1.29 is 27.8 Å². The molecule has 0 spiro atoms. The number of furan rings is 1. The first-order valence-corrected chi connectivity index (χ1v) is 9.08. The fourth-order valence-corrected chi connectivity index (χ4v) is 3.54. The Hall–Kier alpha value is -3.26. The molecule has 142 valence electrons. The summed E-state index contributed by atoms with van der Waals surface area (Å²) in [6, 6.07) is 7.90. The summed E-state index contributed by atoms with van der Waals surface area (Å²) in [4.78, 5) is 14.8. The molecular weight excluding hydrogens is 388 g/mol. The minimum Gasteiger partial charge on any atom is -0.486 e. The lowest BCUT2D eigenvalue weighted by molar-refractivity contribution is 0.0691. The van der Waals surface area contributed by atoms with Crippen LogP contribution in [0, 0.1) is 18.6 Å². The molecule has 0 radical (unpaired) electrons. The number of rotatable bonds is 5. The number of thiazole rings is 1. The molecule has 2 aromatic heterocycles. The number of hydrogen-bond acceptors (Lipinski definition) is 5. The number of carbonyl (C=O) groups is 1. The van der Waals surface area contributed by atoms with E-state index in [-0.39, 0.29) is 23.3 Å². The van der Waals surface area contributed by atoms with E-state index in [4.69, 9.17) is 14.3 Å². The Morgan fingerprint density at radius 3 is 2.71 bits per heavy atom. The normalized spacial score (nSPS) is 11.1.